The van der Waals surface area contributed by atoms with Crippen molar-refractivity contribution in [1.29, 1.82) is 0 Å². The Morgan fingerprint density at radius 1 is 1.23 bits per heavy atom. The van der Waals surface area contributed by atoms with E-state index in [1.54, 1.807) is 0 Å². The summed E-state index contributed by atoms with van der Waals surface area (Å²) < 4.78 is 5.67. The Morgan fingerprint density at radius 2 is 1.95 bits per heavy atom. The van der Waals surface area contributed by atoms with Crippen molar-refractivity contribution in [2.24, 2.45) is 5.92 Å². The Balaban J connectivity index is 1.90. The number of carboxylic acid groups (broad SMARTS) is 1. The third-order valence-electron chi connectivity index (χ3n) is 4.73. The van der Waals surface area contributed by atoms with E-state index in [0.717, 1.165) is 51.0 Å². The van der Waals surface area contributed by atoms with Crippen LogP contribution in [0.4, 0.5) is 4.79 Å². The molecule has 1 saturated carbocycles. The van der Waals surface area contributed by atoms with Crippen LogP contribution in [-0.2, 0) is 9.53 Å². The molecule has 0 aromatic carbocycles. The van der Waals surface area contributed by atoms with Crippen molar-refractivity contribution in [3.8, 4) is 0 Å². The van der Waals surface area contributed by atoms with E-state index in [-0.39, 0.29) is 31.1 Å². The number of hydrogen-bond acceptors (Lipinski definition) is 3. The first kappa shape index (κ1) is 17.1. The molecule has 1 saturated heterocycles. The molecule has 0 aromatic rings. The van der Waals surface area contributed by atoms with Crippen LogP contribution >= 0.6 is 0 Å². The van der Waals surface area contributed by atoms with Crippen molar-refractivity contribution >= 4 is 12.0 Å². The first-order valence-electron chi connectivity index (χ1n) is 8.44. The second-order valence-corrected chi connectivity index (χ2v) is 6.58. The molecule has 2 N–H and O–H groups in total. The normalized spacial score (nSPS) is 28.3. The van der Waals surface area contributed by atoms with Crippen LogP contribution < -0.4 is 5.32 Å². The molecule has 1 aliphatic heterocycles. The topological polar surface area (TPSA) is 78.9 Å². The number of aliphatic carboxylic acids is 1. The molecule has 1 aliphatic carbocycles. The number of rotatable bonds is 6. The van der Waals surface area contributed by atoms with Crippen LogP contribution in [0.5, 0.6) is 0 Å². The van der Waals surface area contributed by atoms with E-state index in [1.165, 1.54) is 0 Å². The van der Waals surface area contributed by atoms with E-state index < -0.39 is 5.97 Å². The molecule has 1 heterocycles. The van der Waals surface area contributed by atoms with Crippen LogP contribution in [-0.4, -0.2) is 53.8 Å². The average Bonchev–Trinajstić information content (AvgIpc) is 2.98. The summed E-state index contributed by atoms with van der Waals surface area (Å²) in [7, 11) is 0. The Morgan fingerprint density at radius 3 is 2.55 bits per heavy atom. The minimum absolute atomic E-state index is 0.0405. The van der Waals surface area contributed by atoms with Crippen LogP contribution in [0.3, 0.4) is 0 Å². The van der Waals surface area contributed by atoms with Crippen LogP contribution in [0, 0.1) is 5.92 Å². The molecular formula is C16H28N2O4. The minimum atomic E-state index is -0.891. The van der Waals surface area contributed by atoms with Gasteiger partial charge in [-0.05, 0) is 44.4 Å². The highest BCUT2D eigenvalue weighted by Gasteiger charge is 2.30. The van der Waals surface area contributed by atoms with E-state index in [2.05, 4.69) is 12.2 Å². The van der Waals surface area contributed by atoms with Gasteiger partial charge in [0.1, 0.15) is 0 Å². The highest BCUT2D eigenvalue weighted by Crippen LogP contribution is 2.28. The lowest BCUT2D eigenvalue weighted by Crippen LogP contribution is -2.50. The van der Waals surface area contributed by atoms with Gasteiger partial charge in [-0.25, -0.2) is 4.79 Å². The number of urea groups is 1. The zero-order valence-corrected chi connectivity index (χ0v) is 13.4. The quantitative estimate of drug-likeness (QED) is 0.788. The monoisotopic (exact) mass is 312 g/mol. The third-order valence-corrected chi connectivity index (χ3v) is 4.73. The van der Waals surface area contributed by atoms with Gasteiger partial charge >= 0.3 is 12.0 Å². The maximum absolute atomic E-state index is 12.5. The molecule has 22 heavy (non-hydrogen) atoms. The maximum Gasteiger partial charge on any atom is 0.317 e. The molecule has 1 unspecified atom stereocenters. The average molecular weight is 312 g/mol. The number of ether oxygens (including phenoxy) is 1. The van der Waals surface area contributed by atoms with Gasteiger partial charge in [0.2, 0.25) is 0 Å². The summed E-state index contributed by atoms with van der Waals surface area (Å²) in [6.07, 6.45) is 6.50. The predicted octanol–water partition coefficient (Wildman–Crippen LogP) is 2.23. The first-order valence-corrected chi connectivity index (χ1v) is 8.44. The number of hydrogen-bond donors (Lipinski definition) is 2. The van der Waals surface area contributed by atoms with Crippen LogP contribution in [0.15, 0.2) is 0 Å². The van der Waals surface area contributed by atoms with Crippen molar-refractivity contribution < 1.29 is 19.4 Å². The van der Waals surface area contributed by atoms with Gasteiger partial charge in [0.05, 0.1) is 12.5 Å². The van der Waals surface area contributed by atoms with Crippen LogP contribution in [0.25, 0.3) is 0 Å². The molecule has 0 aromatic heterocycles. The molecule has 0 radical (unpaired) electrons. The molecule has 2 aliphatic rings. The van der Waals surface area contributed by atoms with E-state index >= 15 is 0 Å². The zero-order chi connectivity index (χ0) is 15.9. The van der Waals surface area contributed by atoms with Gasteiger partial charge < -0.3 is 20.1 Å². The molecule has 0 bridgehead atoms. The number of nitrogens with one attached hydrogen (secondary N) is 1. The molecule has 6 nitrogen and oxygen atoms in total. The number of amides is 2. The SMILES string of the molecule is CC1CCC(N(CC2CCCO2)C(=O)NCCC(=O)O)CC1. The fraction of sp³-hybridized carbons (Fsp3) is 0.875. The molecule has 2 amide bonds. The third kappa shape index (κ3) is 5.16. The van der Waals surface area contributed by atoms with Gasteiger partial charge in [-0.15, -0.1) is 0 Å². The summed E-state index contributed by atoms with van der Waals surface area (Å²) in [6.45, 7) is 3.84. The maximum atomic E-state index is 12.5. The smallest absolute Gasteiger partial charge is 0.317 e. The van der Waals surface area contributed by atoms with Gasteiger partial charge in [-0.1, -0.05) is 6.92 Å². The molecular weight excluding hydrogens is 284 g/mol. The lowest BCUT2D eigenvalue weighted by molar-refractivity contribution is -0.136. The number of nitrogens with zero attached hydrogens (tertiary/aromatic N) is 1. The van der Waals surface area contributed by atoms with Gasteiger partial charge in [0, 0.05) is 25.7 Å². The van der Waals surface area contributed by atoms with Crippen LogP contribution in [0.2, 0.25) is 0 Å². The molecule has 6 heteroatoms. The van der Waals surface area contributed by atoms with Gasteiger partial charge in [-0.2, -0.15) is 0 Å². The van der Waals surface area contributed by atoms with Gasteiger partial charge in [0.25, 0.3) is 0 Å². The van der Waals surface area contributed by atoms with Crippen molar-refractivity contribution in [3.63, 3.8) is 0 Å². The van der Waals surface area contributed by atoms with Crippen molar-refractivity contribution in [2.45, 2.75) is 64.0 Å². The Bertz CT molecular complexity index is 374. The number of carbonyl (C=O) groups excluding carboxylic acids is 1. The van der Waals surface area contributed by atoms with Gasteiger partial charge in [0.15, 0.2) is 0 Å². The second-order valence-electron chi connectivity index (χ2n) is 6.58. The zero-order valence-electron chi connectivity index (χ0n) is 13.4. The fourth-order valence-electron chi connectivity index (χ4n) is 3.34. The number of carbonyl (C=O) groups is 2. The van der Waals surface area contributed by atoms with Crippen molar-refractivity contribution in [2.75, 3.05) is 19.7 Å². The predicted molar refractivity (Wildman–Crippen MR) is 82.8 cm³/mol. The standard InChI is InChI=1S/C16H28N2O4/c1-12-4-6-13(7-5-12)18(11-14-3-2-10-22-14)16(21)17-9-8-15(19)20/h12-14H,2-11H2,1H3,(H,17,21)(H,19,20). The molecule has 2 rings (SSSR count). The van der Waals surface area contributed by atoms with E-state index in [4.69, 9.17) is 9.84 Å². The molecule has 126 valence electrons. The second kappa shape index (κ2) is 8.36. The number of carboxylic acids is 1. The molecule has 1 atom stereocenters. The van der Waals surface area contributed by atoms with Gasteiger partial charge in [-0.3, -0.25) is 4.79 Å². The summed E-state index contributed by atoms with van der Waals surface area (Å²) in [5.41, 5.74) is 0. The Hall–Kier alpha value is -1.30. The lowest BCUT2D eigenvalue weighted by Gasteiger charge is -2.37. The summed E-state index contributed by atoms with van der Waals surface area (Å²) in [6, 6.07) is 0.113. The minimum Gasteiger partial charge on any atom is -0.481 e. The Labute approximate surface area is 132 Å². The first-order chi connectivity index (χ1) is 10.6. The van der Waals surface area contributed by atoms with Crippen molar-refractivity contribution in [3.05, 3.63) is 0 Å². The fourth-order valence-corrected chi connectivity index (χ4v) is 3.34. The summed E-state index contributed by atoms with van der Waals surface area (Å²) in [5.74, 6) is -0.159. The highest BCUT2D eigenvalue weighted by molar-refractivity contribution is 5.75. The molecule has 2 fully saturated rings. The van der Waals surface area contributed by atoms with E-state index in [9.17, 15) is 9.59 Å². The summed E-state index contributed by atoms with van der Waals surface area (Å²) in [5, 5.41) is 11.4. The molecule has 0 spiro atoms. The van der Waals surface area contributed by atoms with Crippen LogP contribution in [0.1, 0.15) is 51.9 Å². The largest absolute Gasteiger partial charge is 0.481 e. The summed E-state index contributed by atoms with van der Waals surface area (Å²) in [4.78, 5) is 24.9. The Kier molecular flexibility index (Phi) is 6.49. The summed E-state index contributed by atoms with van der Waals surface area (Å²) >= 11 is 0. The highest BCUT2D eigenvalue weighted by atomic mass is 16.5. The van der Waals surface area contributed by atoms with Crippen molar-refractivity contribution in [1.82, 2.24) is 10.2 Å². The lowest BCUT2D eigenvalue weighted by atomic mass is 9.86. The van der Waals surface area contributed by atoms with E-state index in [0.29, 0.717) is 6.54 Å². The van der Waals surface area contributed by atoms with E-state index in [1.807, 2.05) is 4.90 Å².